The van der Waals surface area contributed by atoms with E-state index in [2.05, 4.69) is 49.8 Å². The Hall–Kier alpha value is -2.36. The zero-order valence-corrected chi connectivity index (χ0v) is 15.5. The standard InChI is InChI=1S/C21H25FN2O/c1-14-12-21(2,3)24(4)19-11-20(25-5)15(9-18(14)19)13-23-17-8-6-7-16(22)10-17/h6-11,13-14H,12H2,1-5H3. The average Bonchev–Trinajstić information content (AvgIpc) is 2.57. The Balaban J connectivity index is 2.03. The van der Waals surface area contributed by atoms with Crippen molar-refractivity contribution in [3.8, 4) is 5.75 Å². The molecule has 0 spiro atoms. The van der Waals surface area contributed by atoms with Crippen LogP contribution in [0.2, 0.25) is 0 Å². The fourth-order valence-corrected chi connectivity index (χ4v) is 3.59. The highest BCUT2D eigenvalue weighted by atomic mass is 19.1. The molecule has 0 radical (unpaired) electrons. The quantitative estimate of drug-likeness (QED) is 0.708. The molecule has 0 aromatic heterocycles. The fourth-order valence-electron chi connectivity index (χ4n) is 3.59. The lowest BCUT2D eigenvalue weighted by Gasteiger charge is -2.45. The molecule has 1 atom stereocenters. The summed E-state index contributed by atoms with van der Waals surface area (Å²) in [6, 6.07) is 10.5. The first kappa shape index (κ1) is 17.5. The number of aliphatic imine (C=N–C) groups is 1. The number of halogens is 1. The van der Waals surface area contributed by atoms with Gasteiger partial charge in [0.2, 0.25) is 0 Å². The lowest BCUT2D eigenvalue weighted by molar-refractivity contribution is 0.389. The van der Waals surface area contributed by atoms with E-state index in [4.69, 9.17) is 4.74 Å². The number of nitrogens with zero attached hydrogens (tertiary/aromatic N) is 2. The molecule has 2 aromatic rings. The summed E-state index contributed by atoms with van der Waals surface area (Å²) in [7, 11) is 3.79. The number of hydrogen-bond donors (Lipinski definition) is 0. The van der Waals surface area contributed by atoms with Gasteiger partial charge in [0.05, 0.1) is 12.8 Å². The van der Waals surface area contributed by atoms with Crippen molar-refractivity contribution in [2.45, 2.75) is 38.6 Å². The molecule has 3 nitrogen and oxygen atoms in total. The van der Waals surface area contributed by atoms with Gasteiger partial charge in [0.15, 0.2) is 0 Å². The summed E-state index contributed by atoms with van der Waals surface area (Å²) >= 11 is 0. The molecule has 4 heteroatoms. The van der Waals surface area contributed by atoms with Crippen molar-refractivity contribution in [3.63, 3.8) is 0 Å². The van der Waals surface area contributed by atoms with Crippen LogP contribution in [0.1, 0.15) is 44.2 Å². The van der Waals surface area contributed by atoms with Crippen molar-refractivity contribution in [1.29, 1.82) is 0 Å². The van der Waals surface area contributed by atoms with Crippen LogP contribution in [0, 0.1) is 5.82 Å². The van der Waals surface area contributed by atoms with E-state index >= 15 is 0 Å². The number of hydrogen-bond acceptors (Lipinski definition) is 3. The topological polar surface area (TPSA) is 24.8 Å². The highest BCUT2D eigenvalue weighted by Gasteiger charge is 2.34. The molecule has 0 bridgehead atoms. The molecule has 0 saturated heterocycles. The lowest BCUT2D eigenvalue weighted by Crippen LogP contribution is -2.45. The van der Waals surface area contributed by atoms with Gasteiger partial charge in [-0.2, -0.15) is 0 Å². The predicted octanol–water partition coefficient (Wildman–Crippen LogP) is 5.31. The smallest absolute Gasteiger partial charge is 0.129 e. The van der Waals surface area contributed by atoms with Gasteiger partial charge in [-0.15, -0.1) is 0 Å². The first-order chi connectivity index (χ1) is 11.8. The van der Waals surface area contributed by atoms with Crippen LogP contribution in [-0.2, 0) is 0 Å². The summed E-state index contributed by atoms with van der Waals surface area (Å²) in [5, 5.41) is 0. The third kappa shape index (κ3) is 3.39. The van der Waals surface area contributed by atoms with Crippen molar-refractivity contribution < 1.29 is 9.13 Å². The highest BCUT2D eigenvalue weighted by molar-refractivity contribution is 5.87. The second kappa shape index (κ2) is 6.51. The number of rotatable bonds is 3. The van der Waals surface area contributed by atoms with E-state index in [0.717, 1.165) is 17.7 Å². The van der Waals surface area contributed by atoms with Crippen LogP contribution in [0.3, 0.4) is 0 Å². The van der Waals surface area contributed by atoms with Gasteiger partial charge in [0.1, 0.15) is 11.6 Å². The molecular weight excluding hydrogens is 315 g/mol. The third-order valence-electron chi connectivity index (χ3n) is 5.15. The Bertz CT molecular complexity index is 814. The predicted molar refractivity (Wildman–Crippen MR) is 102 cm³/mol. The molecule has 1 heterocycles. The molecule has 3 rings (SSSR count). The van der Waals surface area contributed by atoms with Crippen molar-refractivity contribution in [2.75, 3.05) is 19.1 Å². The highest BCUT2D eigenvalue weighted by Crippen LogP contribution is 2.44. The van der Waals surface area contributed by atoms with E-state index in [1.54, 1.807) is 25.5 Å². The molecule has 0 amide bonds. The number of ether oxygens (including phenoxy) is 1. The van der Waals surface area contributed by atoms with Crippen LogP contribution in [0.25, 0.3) is 0 Å². The summed E-state index contributed by atoms with van der Waals surface area (Å²) in [6.45, 7) is 6.78. The van der Waals surface area contributed by atoms with E-state index in [9.17, 15) is 4.39 Å². The molecule has 0 aliphatic carbocycles. The first-order valence-electron chi connectivity index (χ1n) is 8.57. The van der Waals surface area contributed by atoms with Gasteiger partial charge in [-0.05, 0) is 56.0 Å². The van der Waals surface area contributed by atoms with Crippen molar-refractivity contribution in [2.24, 2.45) is 4.99 Å². The Morgan fingerprint density at radius 1 is 1.28 bits per heavy atom. The minimum Gasteiger partial charge on any atom is -0.496 e. The number of fused-ring (bicyclic) bond motifs is 1. The van der Waals surface area contributed by atoms with Crippen LogP contribution in [0.5, 0.6) is 5.75 Å². The summed E-state index contributed by atoms with van der Waals surface area (Å²) < 4.78 is 18.9. The Labute approximate surface area is 149 Å². The van der Waals surface area contributed by atoms with Crippen molar-refractivity contribution >= 4 is 17.6 Å². The Morgan fingerprint density at radius 2 is 2.04 bits per heavy atom. The van der Waals surface area contributed by atoms with Gasteiger partial charge in [-0.25, -0.2) is 4.39 Å². The van der Waals surface area contributed by atoms with Gasteiger partial charge < -0.3 is 9.64 Å². The molecule has 132 valence electrons. The SMILES string of the molecule is COc1cc2c(cc1C=Nc1cccc(F)c1)C(C)CC(C)(C)N2C. The third-order valence-corrected chi connectivity index (χ3v) is 5.15. The van der Waals surface area contributed by atoms with Crippen LogP contribution in [0.15, 0.2) is 41.4 Å². The molecule has 2 aromatic carbocycles. The number of anilines is 1. The van der Waals surface area contributed by atoms with Gasteiger partial charge in [-0.1, -0.05) is 13.0 Å². The van der Waals surface area contributed by atoms with Gasteiger partial charge in [-0.3, -0.25) is 4.99 Å². The molecule has 1 unspecified atom stereocenters. The minimum absolute atomic E-state index is 0.106. The first-order valence-corrected chi connectivity index (χ1v) is 8.57. The van der Waals surface area contributed by atoms with Crippen LogP contribution >= 0.6 is 0 Å². The van der Waals surface area contributed by atoms with E-state index < -0.39 is 0 Å². The summed E-state index contributed by atoms with van der Waals surface area (Å²) in [5.41, 5.74) is 4.09. The van der Waals surface area contributed by atoms with E-state index in [0.29, 0.717) is 11.6 Å². The molecule has 1 aliphatic rings. The van der Waals surface area contributed by atoms with Crippen LogP contribution < -0.4 is 9.64 Å². The second-order valence-electron chi connectivity index (χ2n) is 7.37. The zero-order chi connectivity index (χ0) is 18.2. The van der Waals surface area contributed by atoms with E-state index in [1.165, 1.54) is 23.4 Å². The minimum atomic E-state index is -0.287. The monoisotopic (exact) mass is 340 g/mol. The maximum atomic E-state index is 13.3. The maximum Gasteiger partial charge on any atom is 0.129 e. The normalized spacial score (nSPS) is 19.1. The summed E-state index contributed by atoms with van der Waals surface area (Å²) in [6.07, 6.45) is 2.84. The summed E-state index contributed by atoms with van der Waals surface area (Å²) in [4.78, 5) is 6.73. The summed E-state index contributed by atoms with van der Waals surface area (Å²) in [5.74, 6) is 0.939. The van der Waals surface area contributed by atoms with Gasteiger partial charge in [0.25, 0.3) is 0 Å². The second-order valence-corrected chi connectivity index (χ2v) is 7.37. The Morgan fingerprint density at radius 3 is 2.72 bits per heavy atom. The van der Waals surface area contributed by atoms with Crippen LogP contribution in [0.4, 0.5) is 15.8 Å². The van der Waals surface area contributed by atoms with Crippen molar-refractivity contribution in [1.82, 2.24) is 0 Å². The van der Waals surface area contributed by atoms with Crippen LogP contribution in [-0.4, -0.2) is 25.9 Å². The van der Waals surface area contributed by atoms with Gasteiger partial charge in [0, 0.05) is 36.1 Å². The molecule has 0 saturated carbocycles. The number of methoxy groups -OCH3 is 1. The molecule has 25 heavy (non-hydrogen) atoms. The Kier molecular flexibility index (Phi) is 4.55. The van der Waals surface area contributed by atoms with E-state index in [-0.39, 0.29) is 11.4 Å². The molecule has 0 N–H and O–H groups in total. The lowest BCUT2D eigenvalue weighted by atomic mass is 9.80. The maximum absolute atomic E-state index is 13.3. The van der Waals surface area contributed by atoms with Crippen molar-refractivity contribution in [3.05, 3.63) is 53.3 Å². The number of benzene rings is 2. The largest absolute Gasteiger partial charge is 0.496 e. The molecule has 1 aliphatic heterocycles. The zero-order valence-electron chi connectivity index (χ0n) is 15.5. The van der Waals surface area contributed by atoms with Gasteiger partial charge >= 0.3 is 0 Å². The fraction of sp³-hybridized carbons (Fsp3) is 0.381. The molecular formula is C21H25FN2O. The molecule has 0 fully saturated rings. The van der Waals surface area contributed by atoms with E-state index in [1.807, 2.05) is 0 Å². The average molecular weight is 340 g/mol.